The molecule has 2 N–H and O–H groups in total. The average molecular weight is 242 g/mol. The molecule has 1 aromatic carbocycles. The van der Waals surface area contributed by atoms with E-state index in [4.69, 9.17) is 5.73 Å². The molecule has 0 radical (unpaired) electrons. The summed E-state index contributed by atoms with van der Waals surface area (Å²) in [7, 11) is 0. The number of fused-ring (bicyclic) bond motifs is 1. The molecule has 0 saturated carbocycles. The second-order valence-electron chi connectivity index (χ2n) is 4.86. The molecule has 1 unspecified atom stereocenters. The van der Waals surface area contributed by atoms with Crippen LogP contribution in [0, 0.1) is 6.92 Å². The summed E-state index contributed by atoms with van der Waals surface area (Å²) in [6.07, 6.45) is 4.02. The molecule has 0 amide bonds. The Kier molecular flexibility index (Phi) is 2.88. The zero-order valence-corrected chi connectivity index (χ0v) is 10.6. The lowest BCUT2D eigenvalue weighted by atomic mass is 10.1. The lowest BCUT2D eigenvalue weighted by molar-refractivity contribution is 0.678. The quantitative estimate of drug-likeness (QED) is 0.873. The molecule has 1 aliphatic heterocycles. The van der Waals surface area contributed by atoms with Crippen LogP contribution in [0.4, 0.5) is 5.69 Å². The van der Waals surface area contributed by atoms with Crippen LogP contribution in [-0.2, 0) is 0 Å². The van der Waals surface area contributed by atoms with Crippen LogP contribution in [0.25, 0.3) is 10.9 Å². The number of rotatable bonds is 2. The molecule has 1 aliphatic rings. The van der Waals surface area contributed by atoms with Gasteiger partial charge in [-0.2, -0.15) is 0 Å². The minimum atomic E-state index is 0.454. The van der Waals surface area contributed by atoms with Crippen molar-refractivity contribution in [1.29, 1.82) is 0 Å². The number of nitrogens with two attached hydrogens (primary N) is 1. The zero-order chi connectivity index (χ0) is 12.5. The Balaban J connectivity index is 2.17. The van der Waals surface area contributed by atoms with Gasteiger partial charge in [0.05, 0.1) is 11.2 Å². The van der Waals surface area contributed by atoms with E-state index in [0.29, 0.717) is 12.6 Å². The van der Waals surface area contributed by atoms with Gasteiger partial charge < -0.3 is 10.6 Å². The van der Waals surface area contributed by atoms with Crippen LogP contribution in [0.15, 0.2) is 24.5 Å². The Morgan fingerprint density at radius 1 is 1.39 bits per heavy atom. The lowest BCUT2D eigenvalue weighted by Gasteiger charge is -2.27. The van der Waals surface area contributed by atoms with E-state index in [9.17, 15) is 0 Å². The van der Waals surface area contributed by atoms with Gasteiger partial charge in [-0.25, -0.2) is 9.97 Å². The first-order valence-electron chi connectivity index (χ1n) is 6.48. The molecule has 1 saturated heterocycles. The van der Waals surface area contributed by atoms with Gasteiger partial charge in [-0.3, -0.25) is 0 Å². The zero-order valence-electron chi connectivity index (χ0n) is 10.6. The second-order valence-corrected chi connectivity index (χ2v) is 4.86. The van der Waals surface area contributed by atoms with Crippen LogP contribution in [0.3, 0.4) is 0 Å². The van der Waals surface area contributed by atoms with Gasteiger partial charge in [0.2, 0.25) is 0 Å². The highest BCUT2D eigenvalue weighted by molar-refractivity contribution is 5.93. The van der Waals surface area contributed by atoms with Crippen LogP contribution in [0.1, 0.15) is 18.5 Å². The summed E-state index contributed by atoms with van der Waals surface area (Å²) in [5.41, 5.74) is 9.16. The Morgan fingerprint density at radius 2 is 2.28 bits per heavy atom. The van der Waals surface area contributed by atoms with Gasteiger partial charge in [-0.15, -0.1) is 0 Å². The van der Waals surface area contributed by atoms with Crippen LogP contribution in [0.5, 0.6) is 0 Å². The van der Waals surface area contributed by atoms with Gasteiger partial charge in [0.15, 0.2) is 0 Å². The van der Waals surface area contributed by atoms with Crippen LogP contribution in [-0.4, -0.2) is 29.1 Å². The van der Waals surface area contributed by atoms with Crippen molar-refractivity contribution >= 4 is 16.6 Å². The Hall–Kier alpha value is -1.68. The monoisotopic (exact) mass is 242 g/mol. The van der Waals surface area contributed by atoms with Crippen molar-refractivity contribution < 1.29 is 0 Å². The highest BCUT2D eigenvalue weighted by Crippen LogP contribution is 2.32. The summed E-state index contributed by atoms with van der Waals surface area (Å²) in [5.74, 6) is 0. The SMILES string of the molecule is Cc1ncnc2cccc(N3CCCC3CN)c12. The first-order valence-corrected chi connectivity index (χ1v) is 6.48. The van der Waals surface area contributed by atoms with Gasteiger partial charge in [0.25, 0.3) is 0 Å². The normalized spacial score (nSPS) is 19.7. The molecule has 0 aliphatic carbocycles. The maximum atomic E-state index is 5.87. The maximum Gasteiger partial charge on any atom is 0.116 e. The third-order valence-electron chi connectivity index (χ3n) is 3.79. The molecule has 1 fully saturated rings. The van der Waals surface area contributed by atoms with Crippen molar-refractivity contribution in [3.8, 4) is 0 Å². The third-order valence-corrected chi connectivity index (χ3v) is 3.79. The van der Waals surface area contributed by atoms with Crippen molar-refractivity contribution in [3.63, 3.8) is 0 Å². The minimum Gasteiger partial charge on any atom is -0.367 e. The molecule has 4 nitrogen and oxygen atoms in total. The van der Waals surface area contributed by atoms with Gasteiger partial charge in [-0.05, 0) is 31.9 Å². The molecule has 4 heteroatoms. The van der Waals surface area contributed by atoms with Crippen molar-refractivity contribution in [3.05, 3.63) is 30.2 Å². The van der Waals surface area contributed by atoms with E-state index >= 15 is 0 Å². The summed E-state index contributed by atoms with van der Waals surface area (Å²) < 4.78 is 0. The number of anilines is 1. The van der Waals surface area contributed by atoms with Gasteiger partial charge in [-0.1, -0.05) is 6.07 Å². The minimum absolute atomic E-state index is 0.454. The number of hydrogen-bond donors (Lipinski definition) is 1. The van der Waals surface area contributed by atoms with E-state index in [1.807, 2.05) is 13.0 Å². The van der Waals surface area contributed by atoms with Crippen LogP contribution in [0.2, 0.25) is 0 Å². The molecule has 0 bridgehead atoms. The van der Waals surface area contributed by atoms with Crippen LogP contribution >= 0.6 is 0 Å². The average Bonchev–Trinajstić information content (AvgIpc) is 2.86. The largest absolute Gasteiger partial charge is 0.367 e. The molecule has 0 spiro atoms. The fourth-order valence-corrected chi connectivity index (χ4v) is 2.89. The fourth-order valence-electron chi connectivity index (χ4n) is 2.89. The topological polar surface area (TPSA) is 55.0 Å². The number of benzene rings is 1. The Labute approximate surface area is 107 Å². The van der Waals surface area contributed by atoms with Gasteiger partial charge in [0.1, 0.15) is 6.33 Å². The predicted octanol–water partition coefficient (Wildman–Crippen LogP) is 1.87. The number of aryl methyl sites for hydroxylation is 1. The van der Waals surface area contributed by atoms with Crippen LogP contribution < -0.4 is 10.6 Å². The first kappa shape index (κ1) is 11.4. The van der Waals surface area contributed by atoms with Crippen molar-refractivity contribution in [2.24, 2.45) is 5.73 Å². The molecule has 2 aromatic rings. The summed E-state index contributed by atoms with van der Waals surface area (Å²) in [4.78, 5) is 11.1. The molecule has 18 heavy (non-hydrogen) atoms. The standard InChI is InChI=1S/C14H18N4/c1-10-14-12(17-9-16-10)5-2-6-13(14)18-7-3-4-11(18)8-15/h2,5-6,9,11H,3-4,7-8,15H2,1H3. The molecule has 1 atom stereocenters. The van der Waals surface area contributed by atoms with Crippen molar-refractivity contribution in [2.75, 3.05) is 18.0 Å². The molecule has 3 rings (SSSR count). The second kappa shape index (κ2) is 4.53. The lowest BCUT2D eigenvalue weighted by Crippen LogP contribution is -2.35. The highest BCUT2D eigenvalue weighted by Gasteiger charge is 2.25. The molecule has 94 valence electrons. The first-order chi connectivity index (χ1) is 8.81. The third kappa shape index (κ3) is 1.73. The highest BCUT2D eigenvalue weighted by atomic mass is 15.2. The molecular weight excluding hydrogens is 224 g/mol. The van der Waals surface area contributed by atoms with E-state index in [1.54, 1.807) is 6.33 Å². The van der Waals surface area contributed by atoms with E-state index in [-0.39, 0.29) is 0 Å². The van der Waals surface area contributed by atoms with E-state index in [0.717, 1.165) is 17.8 Å². The molecule has 2 heterocycles. The van der Waals surface area contributed by atoms with Crippen molar-refractivity contribution in [1.82, 2.24) is 9.97 Å². The van der Waals surface area contributed by atoms with Gasteiger partial charge >= 0.3 is 0 Å². The summed E-state index contributed by atoms with van der Waals surface area (Å²) in [6, 6.07) is 6.72. The van der Waals surface area contributed by atoms with Crippen molar-refractivity contribution in [2.45, 2.75) is 25.8 Å². The summed E-state index contributed by atoms with van der Waals surface area (Å²) >= 11 is 0. The predicted molar refractivity (Wildman–Crippen MR) is 73.7 cm³/mol. The molecular formula is C14H18N4. The number of hydrogen-bond acceptors (Lipinski definition) is 4. The Morgan fingerprint density at radius 3 is 3.11 bits per heavy atom. The maximum absolute atomic E-state index is 5.87. The Bertz CT molecular complexity index is 561. The number of aromatic nitrogens is 2. The van der Waals surface area contributed by atoms with E-state index in [1.165, 1.54) is 23.9 Å². The summed E-state index contributed by atoms with van der Waals surface area (Å²) in [6.45, 7) is 3.83. The number of nitrogens with zero attached hydrogens (tertiary/aromatic N) is 3. The van der Waals surface area contributed by atoms with E-state index < -0.39 is 0 Å². The molecule has 1 aromatic heterocycles. The van der Waals surface area contributed by atoms with Gasteiger partial charge in [0, 0.05) is 30.2 Å². The smallest absolute Gasteiger partial charge is 0.116 e. The summed E-state index contributed by atoms with van der Waals surface area (Å²) in [5, 5.41) is 1.17. The fraction of sp³-hybridized carbons (Fsp3) is 0.429. The van der Waals surface area contributed by atoms with E-state index in [2.05, 4.69) is 27.0 Å².